The number of rotatable bonds is 6. The molecule has 0 aliphatic rings. The van der Waals surface area contributed by atoms with E-state index in [9.17, 15) is 9.59 Å². The van der Waals surface area contributed by atoms with Crippen molar-refractivity contribution in [2.45, 2.75) is 13.3 Å². The third kappa shape index (κ3) is 5.52. The molecular formula is C20H23N3O3S. The number of amides is 2. The predicted molar refractivity (Wildman–Crippen MR) is 110 cm³/mol. The Balaban J connectivity index is 2.11. The first-order valence-corrected chi connectivity index (χ1v) is 8.99. The molecule has 0 radical (unpaired) electrons. The van der Waals surface area contributed by atoms with Crippen molar-refractivity contribution in [1.82, 2.24) is 10.2 Å². The van der Waals surface area contributed by atoms with E-state index in [4.69, 9.17) is 17.0 Å². The third-order valence-electron chi connectivity index (χ3n) is 3.63. The number of ether oxygens (including phenoxy) is 1. The molecule has 0 aliphatic heterocycles. The maximum atomic E-state index is 12.6. The Bertz CT molecular complexity index is 837. The molecule has 2 amide bonds. The number of carbonyl (C=O) groups excluding carboxylic acids is 2. The van der Waals surface area contributed by atoms with Crippen LogP contribution in [0.4, 0.5) is 5.69 Å². The van der Waals surface area contributed by atoms with E-state index < -0.39 is 0 Å². The van der Waals surface area contributed by atoms with Crippen molar-refractivity contribution in [3.63, 3.8) is 0 Å². The number of anilines is 1. The lowest BCUT2D eigenvalue weighted by molar-refractivity contribution is 0.0828. The molecule has 7 heteroatoms. The highest BCUT2D eigenvalue weighted by Crippen LogP contribution is 2.19. The third-order valence-corrected chi connectivity index (χ3v) is 3.84. The van der Waals surface area contributed by atoms with Crippen molar-refractivity contribution in [2.75, 3.05) is 26.0 Å². The molecule has 0 bridgehead atoms. The summed E-state index contributed by atoms with van der Waals surface area (Å²) in [4.78, 5) is 26.3. The molecule has 27 heavy (non-hydrogen) atoms. The molecule has 0 heterocycles. The molecule has 2 aromatic rings. The quantitative estimate of drug-likeness (QED) is 0.747. The number of thiocarbonyl (C=S) groups is 1. The van der Waals surface area contributed by atoms with E-state index in [1.807, 2.05) is 6.92 Å². The minimum atomic E-state index is -0.379. The van der Waals surface area contributed by atoms with Gasteiger partial charge < -0.3 is 15.0 Å². The van der Waals surface area contributed by atoms with Crippen LogP contribution >= 0.6 is 12.2 Å². The van der Waals surface area contributed by atoms with E-state index in [2.05, 4.69) is 10.6 Å². The van der Waals surface area contributed by atoms with Gasteiger partial charge in [-0.2, -0.15) is 0 Å². The summed E-state index contributed by atoms with van der Waals surface area (Å²) in [6.45, 7) is 2.52. The fourth-order valence-electron chi connectivity index (χ4n) is 2.34. The van der Waals surface area contributed by atoms with Crippen molar-refractivity contribution in [1.29, 1.82) is 0 Å². The topological polar surface area (TPSA) is 70.7 Å². The second-order valence-corrected chi connectivity index (χ2v) is 6.41. The molecule has 6 nitrogen and oxygen atoms in total. The maximum Gasteiger partial charge on any atom is 0.261 e. The summed E-state index contributed by atoms with van der Waals surface area (Å²) in [5.41, 5.74) is 1.38. The van der Waals surface area contributed by atoms with Crippen molar-refractivity contribution in [3.8, 4) is 5.75 Å². The molecule has 0 fully saturated rings. The van der Waals surface area contributed by atoms with Gasteiger partial charge in [0.15, 0.2) is 5.11 Å². The van der Waals surface area contributed by atoms with Crippen molar-refractivity contribution < 1.29 is 14.3 Å². The van der Waals surface area contributed by atoms with E-state index in [-0.39, 0.29) is 16.9 Å². The van der Waals surface area contributed by atoms with Gasteiger partial charge in [-0.05, 0) is 42.9 Å². The average Bonchev–Trinajstić information content (AvgIpc) is 2.66. The van der Waals surface area contributed by atoms with Gasteiger partial charge in [-0.15, -0.1) is 0 Å². The van der Waals surface area contributed by atoms with Crippen LogP contribution < -0.4 is 15.4 Å². The molecule has 0 aliphatic carbocycles. The van der Waals surface area contributed by atoms with Gasteiger partial charge in [0.1, 0.15) is 5.75 Å². The summed E-state index contributed by atoms with van der Waals surface area (Å²) >= 11 is 5.25. The largest absolute Gasteiger partial charge is 0.493 e. The Morgan fingerprint density at radius 3 is 2.33 bits per heavy atom. The molecule has 0 unspecified atom stereocenters. The number of nitrogens with one attached hydrogen (secondary N) is 2. The number of para-hydroxylation sites is 2. The van der Waals surface area contributed by atoms with Crippen molar-refractivity contribution in [2.24, 2.45) is 0 Å². The van der Waals surface area contributed by atoms with Gasteiger partial charge in [-0.25, -0.2) is 0 Å². The SMILES string of the molecule is CCCOc1ccccc1C(=O)NC(=S)Nc1ccccc1C(=O)N(C)C. The Hall–Kier alpha value is -2.93. The van der Waals surface area contributed by atoms with Crippen LogP contribution in [0.3, 0.4) is 0 Å². The summed E-state index contributed by atoms with van der Waals surface area (Å²) in [5.74, 6) is -0.0380. The molecule has 2 rings (SSSR count). The van der Waals surface area contributed by atoms with Crippen molar-refractivity contribution >= 4 is 34.8 Å². The van der Waals surface area contributed by atoms with Gasteiger partial charge in [-0.3, -0.25) is 14.9 Å². The van der Waals surface area contributed by atoms with Gasteiger partial charge in [0.2, 0.25) is 0 Å². The van der Waals surface area contributed by atoms with E-state index in [0.29, 0.717) is 29.2 Å². The van der Waals surface area contributed by atoms with E-state index in [1.54, 1.807) is 62.6 Å². The highest BCUT2D eigenvalue weighted by molar-refractivity contribution is 7.80. The van der Waals surface area contributed by atoms with Crippen LogP contribution in [0.5, 0.6) is 5.75 Å². The van der Waals surface area contributed by atoms with Crippen LogP contribution in [0.1, 0.15) is 34.1 Å². The smallest absolute Gasteiger partial charge is 0.261 e. The summed E-state index contributed by atoms with van der Waals surface area (Å²) in [6, 6.07) is 14.0. The van der Waals surface area contributed by atoms with Crippen molar-refractivity contribution in [3.05, 3.63) is 59.7 Å². The highest BCUT2D eigenvalue weighted by atomic mass is 32.1. The second kappa shape index (κ2) is 9.68. The predicted octanol–water partition coefficient (Wildman–Crippen LogP) is 3.30. The molecule has 2 N–H and O–H groups in total. The Kier molecular flexibility index (Phi) is 7.31. The normalized spacial score (nSPS) is 10.0. The molecule has 2 aromatic carbocycles. The lowest BCUT2D eigenvalue weighted by Gasteiger charge is -2.16. The minimum Gasteiger partial charge on any atom is -0.493 e. The molecular weight excluding hydrogens is 362 g/mol. The van der Waals surface area contributed by atoms with Gasteiger partial charge in [0, 0.05) is 14.1 Å². The lowest BCUT2D eigenvalue weighted by Crippen LogP contribution is -2.35. The molecule has 142 valence electrons. The van der Waals surface area contributed by atoms with E-state index >= 15 is 0 Å². The zero-order valence-corrected chi connectivity index (χ0v) is 16.4. The fourth-order valence-corrected chi connectivity index (χ4v) is 2.54. The fraction of sp³-hybridized carbons (Fsp3) is 0.250. The van der Waals surface area contributed by atoms with Gasteiger partial charge in [-0.1, -0.05) is 31.2 Å². The average molecular weight is 385 g/mol. The Morgan fingerprint density at radius 2 is 1.67 bits per heavy atom. The van der Waals surface area contributed by atoms with Gasteiger partial charge in [0.25, 0.3) is 11.8 Å². The van der Waals surface area contributed by atoms with E-state index in [0.717, 1.165) is 6.42 Å². The first kappa shape index (κ1) is 20.4. The number of nitrogens with zero attached hydrogens (tertiary/aromatic N) is 1. The van der Waals surface area contributed by atoms with Crippen LogP contribution in [-0.4, -0.2) is 42.5 Å². The maximum absolute atomic E-state index is 12.6. The zero-order chi connectivity index (χ0) is 19.8. The first-order valence-electron chi connectivity index (χ1n) is 8.59. The lowest BCUT2D eigenvalue weighted by atomic mass is 10.1. The molecule has 0 saturated heterocycles. The number of carbonyl (C=O) groups is 2. The number of benzene rings is 2. The highest BCUT2D eigenvalue weighted by Gasteiger charge is 2.16. The summed E-state index contributed by atoms with van der Waals surface area (Å²) in [6.07, 6.45) is 0.840. The minimum absolute atomic E-state index is 0.101. The molecule has 0 saturated carbocycles. The van der Waals surface area contributed by atoms with Crippen LogP contribution in [-0.2, 0) is 0 Å². The van der Waals surface area contributed by atoms with Gasteiger partial charge in [0.05, 0.1) is 23.4 Å². The molecule has 0 aromatic heterocycles. The monoisotopic (exact) mass is 385 g/mol. The molecule has 0 spiro atoms. The Labute approximate surface area is 164 Å². The number of hydrogen-bond acceptors (Lipinski definition) is 4. The van der Waals surface area contributed by atoms with Gasteiger partial charge >= 0.3 is 0 Å². The summed E-state index contributed by atoms with van der Waals surface area (Å²) in [5, 5.41) is 5.66. The standard InChI is InChI=1S/C20H23N3O3S/c1-4-13-26-17-12-8-6-10-15(17)18(24)22-20(27)21-16-11-7-5-9-14(16)19(25)23(2)3/h5-12H,4,13H2,1-3H3,(H2,21,22,24,27). The zero-order valence-electron chi connectivity index (χ0n) is 15.6. The first-order chi connectivity index (χ1) is 12.9. The van der Waals surface area contributed by atoms with Crippen LogP contribution in [0.15, 0.2) is 48.5 Å². The second-order valence-electron chi connectivity index (χ2n) is 6.00. The summed E-state index contributed by atoms with van der Waals surface area (Å²) < 4.78 is 5.61. The van der Waals surface area contributed by atoms with Crippen LogP contribution in [0.25, 0.3) is 0 Å². The molecule has 0 atom stereocenters. The van der Waals surface area contributed by atoms with Crippen LogP contribution in [0.2, 0.25) is 0 Å². The number of hydrogen-bond donors (Lipinski definition) is 2. The summed E-state index contributed by atoms with van der Waals surface area (Å²) in [7, 11) is 3.35. The van der Waals surface area contributed by atoms with Crippen LogP contribution in [0, 0.1) is 0 Å². The Morgan fingerprint density at radius 1 is 1.04 bits per heavy atom. The van der Waals surface area contributed by atoms with E-state index in [1.165, 1.54) is 4.90 Å².